The van der Waals surface area contributed by atoms with Gasteiger partial charge in [-0.15, -0.1) is 19.2 Å². The molecule has 440 valence electrons. The van der Waals surface area contributed by atoms with Gasteiger partial charge in [-0.3, -0.25) is 4.79 Å². The van der Waals surface area contributed by atoms with Gasteiger partial charge >= 0.3 is 0 Å². The third-order valence-electron chi connectivity index (χ3n) is 13.9. The quantitative estimate of drug-likeness (QED) is 0.0332. The molecule has 5 atom stereocenters. The molecule has 0 saturated carbocycles. The number of hydrogen-bond acceptors (Lipinski definition) is 9. The van der Waals surface area contributed by atoms with Crippen molar-refractivity contribution in [3.8, 4) is 11.3 Å². The molecule has 1 aliphatic heterocycles. The lowest BCUT2D eigenvalue weighted by Crippen LogP contribution is -2.33. The highest BCUT2D eigenvalue weighted by molar-refractivity contribution is 7.90. The van der Waals surface area contributed by atoms with Crippen molar-refractivity contribution in [3.05, 3.63) is 160 Å². The number of thiol groups is 2. The van der Waals surface area contributed by atoms with E-state index in [9.17, 15) is 0 Å². The maximum atomic E-state index is 9.06. The lowest BCUT2D eigenvalue weighted by Gasteiger charge is -2.35. The normalized spacial score (nSPS) is 16.8. The highest BCUT2D eigenvalue weighted by atomic mass is 32.1. The number of nitrogens with two attached hydrogens (primary N) is 1. The summed E-state index contributed by atoms with van der Waals surface area (Å²) in [4.78, 5) is 26.0. The minimum Gasteiger partial charge on any atom is -0.497 e. The number of aromatic nitrogens is 1. The van der Waals surface area contributed by atoms with Gasteiger partial charge in [0.2, 0.25) is 6.41 Å². The molecule has 3 aromatic rings. The van der Waals surface area contributed by atoms with Crippen LogP contribution in [0.15, 0.2) is 133 Å². The van der Waals surface area contributed by atoms with Crippen molar-refractivity contribution in [1.82, 2.24) is 20.5 Å². The van der Waals surface area contributed by atoms with Crippen LogP contribution in [0, 0.1) is 11.3 Å². The van der Waals surface area contributed by atoms with Gasteiger partial charge in [0.1, 0.15) is 12.5 Å². The van der Waals surface area contributed by atoms with E-state index in [1.54, 1.807) is 14.2 Å². The number of unbranched alkanes of at least 4 members (excludes halogenated alkanes) is 2. The number of nitrogens with zero attached hydrogens (tertiary/aromatic N) is 2. The van der Waals surface area contributed by atoms with Crippen LogP contribution >= 0.6 is 25.3 Å². The smallest absolute Gasteiger partial charge is 0.206 e. The topological polar surface area (TPSA) is 110 Å². The lowest BCUT2D eigenvalue weighted by atomic mass is 9.82. The number of allylic oxidation sites excluding steroid dienone is 9. The zero-order chi connectivity index (χ0) is 60.1. The van der Waals surface area contributed by atoms with E-state index >= 15 is 0 Å². The molecule has 10 heteroatoms. The van der Waals surface area contributed by atoms with Gasteiger partial charge in [0.05, 0.1) is 18.5 Å². The van der Waals surface area contributed by atoms with Crippen molar-refractivity contribution < 1.29 is 14.3 Å². The van der Waals surface area contributed by atoms with Crippen molar-refractivity contribution in [2.45, 2.75) is 190 Å². The van der Waals surface area contributed by atoms with Gasteiger partial charge in [-0.1, -0.05) is 186 Å². The fraction of sp³-hybridized carbons (Fsp3) is 0.522. The van der Waals surface area contributed by atoms with Gasteiger partial charge in [-0.2, -0.15) is 12.6 Å². The van der Waals surface area contributed by atoms with Crippen LogP contribution < -0.4 is 16.4 Å². The van der Waals surface area contributed by atoms with Crippen LogP contribution in [0.3, 0.4) is 0 Å². The number of methoxy groups -OCH3 is 1. The largest absolute Gasteiger partial charge is 0.497 e. The van der Waals surface area contributed by atoms with Crippen LogP contribution in [0.2, 0.25) is 0 Å². The molecule has 0 spiro atoms. The monoisotopic (exact) mass is 1120 g/mol. The second kappa shape index (κ2) is 41.9. The summed E-state index contributed by atoms with van der Waals surface area (Å²) in [7, 11) is 6.82. The second-order valence-corrected chi connectivity index (χ2v) is 22.7. The molecule has 8 nitrogen and oxygen atoms in total. The first-order valence-corrected chi connectivity index (χ1v) is 30.2. The molecule has 6 rings (SSSR count). The van der Waals surface area contributed by atoms with Gasteiger partial charge < -0.3 is 30.8 Å². The number of rotatable bonds is 20. The molecule has 1 amide bonds. The molecule has 2 heterocycles. The SMILES string of the molecule is C=C(CC(C)(C)C)N1CC(C)CC1C(C)c1ccc(C(S)=C(C)C)cc1.C=CCc1c(C2C=C(OC)C(CC)=CC2)cc(-c2ccccc2)nc1C1=CCCC=C1NC.C=O.CC.CCCCCC(S)CCC.CN.CNC=O. The molecule has 79 heavy (non-hydrogen) atoms. The maximum absolute atomic E-state index is 9.06. The minimum atomic E-state index is 0.237. The molecule has 0 bridgehead atoms. The van der Waals surface area contributed by atoms with Crippen LogP contribution in [0.25, 0.3) is 21.7 Å². The fourth-order valence-electron chi connectivity index (χ4n) is 10.1. The first kappa shape index (κ1) is 74.0. The zero-order valence-electron chi connectivity index (χ0n) is 52.2. The molecule has 4 N–H and O–H groups in total. The second-order valence-electron chi connectivity index (χ2n) is 21.5. The first-order valence-electron chi connectivity index (χ1n) is 29.2. The van der Waals surface area contributed by atoms with Crippen LogP contribution in [-0.4, -0.2) is 69.2 Å². The predicted molar refractivity (Wildman–Crippen MR) is 354 cm³/mol. The summed E-state index contributed by atoms with van der Waals surface area (Å²) in [5, 5.41) is 6.31. The number of nitrogens with one attached hydrogen (secondary N) is 2. The number of likely N-dealkylation sites (N-methyl/N-ethyl adjacent to an activating group) is 1. The van der Waals surface area contributed by atoms with Gasteiger partial charge in [0.25, 0.3) is 0 Å². The van der Waals surface area contributed by atoms with Crippen molar-refractivity contribution >= 4 is 48.9 Å². The summed E-state index contributed by atoms with van der Waals surface area (Å²) in [6.07, 6.45) is 26.9. The number of amides is 1. The van der Waals surface area contributed by atoms with Gasteiger partial charge in [0.15, 0.2) is 0 Å². The summed E-state index contributed by atoms with van der Waals surface area (Å²) in [6.45, 7) is 38.2. The highest BCUT2D eigenvalue weighted by Gasteiger charge is 2.35. The molecular weight excluding hydrogens is 1010 g/mol. The van der Waals surface area contributed by atoms with Crippen molar-refractivity contribution in [2.75, 3.05) is 34.8 Å². The standard InChI is InChI=1S/C30H34N2O.C24H37NS.C9H20S.C2H5NO.C2H6.CH5N.CH2O/c1-5-12-24-26(23-18-17-21(6-2)29(19-23)33-4)20-28(22-13-8-7-9-14-22)32-30(24)25-15-10-11-16-27(25)31-3;1-16(2)23(26)21-11-9-20(10-12-21)19(5)22-13-17(3)15-25(22)18(4)14-24(6,7)8;1-3-5-6-8-9(10)7-4-2;1-3-2-4;3*1-2/h5,7-9,13-17,19-20,23,31H,1,6,10-12,18H2,2-4H3;9-12,17,19,22,26H,4,13-15H2,1-3,5-8H3;9-10H,3-8H2,1-2H3;2H,1H3,(H,3,4);1-2H3;2H2,1H3;1H2. The van der Waals surface area contributed by atoms with Crippen LogP contribution in [-0.2, 0) is 20.7 Å². The van der Waals surface area contributed by atoms with Crippen molar-refractivity contribution in [3.63, 3.8) is 0 Å². The lowest BCUT2D eigenvalue weighted by molar-refractivity contribution is -0.109. The predicted octanol–water partition coefficient (Wildman–Crippen LogP) is 17.7. The van der Waals surface area contributed by atoms with E-state index in [4.69, 9.17) is 19.3 Å². The third-order valence-corrected chi connectivity index (χ3v) is 15.1. The molecule has 1 aromatic heterocycles. The Balaban J connectivity index is 0.00000117. The molecule has 5 unspecified atom stereocenters. The van der Waals surface area contributed by atoms with E-state index in [0.717, 1.165) is 84.3 Å². The molecule has 3 aliphatic rings. The van der Waals surface area contributed by atoms with E-state index in [2.05, 4.69) is 214 Å². The molecule has 1 saturated heterocycles. The first-order chi connectivity index (χ1) is 37.9. The molecule has 2 aromatic carbocycles. The molecule has 1 fully saturated rings. The Bertz CT molecular complexity index is 2360. The highest BCUT2D eigenvalue weighted by Crippen LogP contribution is 2.41. The molecule has 0 radical (unpaired) electrons. The number of ether oxygens (including phenoxy) is 1. The summed E-state index contributed by atoms with van der Waals surface area (Å²) < 4.78 is 5.77. The Morgan fingerprint density at radius 3 is 2.09 bits per heavy atom. The summed E-state index contributed by atoms with van der Waals surface area (Å²) in [6, 6.07) is 22.3. The summed E-state index contributed by atoms with van der Waals surface area (Å²) >= 11 is 9.12. The molecular formula is C69H109N5O3S2. The number of pyridine rings is 1. The average Bonchev–Trinajstić information content (AvgIpc) is 3.92. The van der Waals surface area contributed by atoms with Crippen molar-refractivity contribution in [1.29, 1.82) is 0 Å². The Kier molecular flexibility index (Phi) is 39.2. The maximum Gasteiger partial charge on any atom is 0.206 e. The average molecular weight is 1120 g/mol. The number of carbonyl (C=O) groups excluding carboxylic acids is 2. The number of hydrogen-bond donors (Lipinski definition) is 5. The Morgan fingerprint density at radius 2 is 1.57 bits per heavy atom. The van der Waals surface area contributed by atoms with E-state index in [1.807, 2.05) is 33.8 Å². The number of carbonyl (C=O) groups is 2. The minimum absolute atomic E-state index is 0.237. The third kappa shape index (κ3) is 25.5. The van der Waals surface area contributed by atoms with Crippen LogP contribution in [0.1, 0.15) is 200 Å². The number of benzene rings is 2. The van der Waals surface area contributed by atoms with E-state index in [1.165, 1.54) is 96.7 Å². The Morgan fingerprint density at radius 1 is 0.949 bits per heavy atom. The van der Waals surface area contributed by atoms with E-state index in [0.29, 0.717) is 23.6 Å². The van der Waals surface area contributed by atoms with Crippen LogP contribution in [0.4, 0.5) is 0 Å². The van der Waals surface area contributed by atoms with Gasteiger partial charge in [-0.25, -0.2) is 4.98 Å². The Hall–Kier alpha value is -5.03. The number of likely N-dealkylation sites (tertiary alicyclic amines) is 1. The fourth-order valence-corrected chi connectivity index (χ4v) is 10.6. The Labute approximate surface area is 494 Å². The van der Waals surface area contributed by atoms with E-state index in [-0.39, 0.29) is 11.3 Å². The van der Waals surface area contributed by atoms with Crippen LogP contribution in [0.5, 0.6) is 0 Å². The summed E-state index contributed by atoms with van der Waals surface area (Å²) in [5.41, 5.74) is 19.3. The molecule has 2 aliphatic carbocycles. The van der Waals surface area contributed by atoms with E-state index < -0.39 is 0 Å². The van der Waals surface area contributed by atoms with Gasteiger partial charge in [0, 0.05) is 71.2 Å². The summed E-state index contributed by atoms with van der Waals surface area (Å²) in [5.74, 6) is 2.46. The van der Waals surface area contributed by atoms with Crippen molar-refractivity contribution in [2.24, 2.45) is 17.1 Å². The van der Waals surface area contributed by atoms with Gasteiger partial charge in [-0.05, 0) is 130 Å². The zero-order valence-corrected chi connectivity index (χ0v) is 54.0.